The Morgan fingerprint density at radius 2 is 2.04 bits per heavy atom. The van der Waals surface area contributed by atoms with E-state index >= 15 is 0 Å². The Morgan fingerprint density at radius 3 is 2.75 bits per heavy atom. The number of aliphatic hydroxyl groups is 1. The minimum absolute atomic E-state index is 0.0399. The second-order valence-corrected chi connectivity index (χ2v) is 10.3. The summed E-state index contributed by atoms with van der Waals surface area (Å²) in [5.41, 5.74) is 0.828. The summed E-state index contributed by atoms with van der Waals surface area (Å²) in [5.74, 6) is 1.11. The van der Waals surface area contributed by atoms with E-state index in [0.29, 0.717) is 18.9 Å². The molecule has 1 fully saturated rings. The van der Waals surface area contributed by atoms with Gasteiger partial charge in [0.15, 0.2) is 9.84 Å². The predicted molar refractivity (Wildman–Crippen MR) is 111 cm³/mol. The summed E-state index contributed by atoms with van der Waals surface area (Å²) in [4.78, 5) is 12.3. The Bertz CT molecular complexity index is 1070. The van der Waals surface area contributed by atoms with E-state index in [4.69, 9.17) is 0 Å². The molecule has 0 aliphatic carbocycles. The molecule has 3 heterocycles. The lowest BCUT2D eigenvalue weighted by Gasteiger charge is -2.25. The quantitative estimate of drug-likeness (QED) is 0.631. The molecule has 0 spiro atoms. The van der Waals surface area contributed by atoms with E-state index in [9.17, 15) is 13.5 Å². The van der Waals surface area contributed by atoms with Crippen molar-refractivity contribution < 1.29 is 13.5 Å². The number of hydrogen-bond acceptors (Lipinski definition) is 8. The third-order valence-electron chi connectivity index (χ3n) is 4.91. The maximum Gasteiger partial charge on any atom is 0.154 e. The van der Waals surface area contributed by atoms with Crippen molar-refractivity contribution in [1.82, 2.24) is 14.9 Å². The van der Waals surface area contributed by atoms with E-state index in [1.165, 1.54) is 4.88 Å². The van der Waals surface area contributed by atoms with Crippen LogP contribution >= 0.6 is 11.3 Å². The summed E-state index contributed by atoms with van der Waals surface area (Å²) >= 11 is 1.68. The van der Waals surface area contributed by atoms with Crippen LogP contribution in [0.4, 0.5) is 5.82 Å². The zero-order chi connectivity index (χ0) is 19.7. The Kier molecular flexibility index (Phi) is 5.33. The van der Waals surface area contributed by atoms with Crippen LogP contribution in [0.1, 0.15) is 10.7 Å². The summed E-state index contributed by atoms with van der Waals surface area (Å²) in [6.45, 7) is 1.03. The van der Waals surface area contributed by atoms with Crippen molar-refractivity contribution in [1.29, 1.82) is 0 Å². The molecule has 0 bridgehead atoms. The van der Waals surface area contributed by atoms with Crippen LogP contribution in [-0.2, 0) is 22.9 Å². The number of aliphatic hydroxyl groups excluding tert-OH is 1. The summed E-state index contributed by atoms with van der Waals surface area (Å²) in [6, 6.07) is 11.4. The molecule has 1 saturated heterocycles. The van der Waals surface area contributed by atoms with Crippen molar-refractivity contribution in [2.45, 2.75) is 25.2 Å². The molecule has 1 aromatic carbocycles. The van der Waals surface area contributed by atoms with E-state index < -0.39 is 22.0 Å². The fourth-order valence-electron chi connectivity index (χ4n) is 3.49. The second-order valence-electron chi connectivity index (χ2n) is 7.07. The molecule has 0 amide bonds. The molecule has 2 N–H and O–H groups in total. The number of fused-ring (bicyclic) bond motifs is 1. The van der Waals surface area contributed by atoms with Crippen molar-refractivity contribution in [3.05, 3.63) is 52.5 Å². The average Bonchev–Trinajstić information content (AvgIpc) is 3.26. The molecule has 9 heteroatoms. The zero-order valence-corrected chi connectivity index (χ0v) is 17.1. The van der Waals surface area contributed by atoms with Gasteiger partial charge in [-0.2, -0.15) is 0 Å². The van der Waals surface area contributed by atoms with Crippen LogP contribution in [-0.4, -0.2) is 59.1 Å². The van der Waals surface area contributed by atoms with Crippen LogP contribution < -0.4 is 5.32 Å². The Balaban J connectivity index is 1.58. The zero-order valence-electron chi connectivity index (χ0n) is 15.4. The van der Waals surface area contributed by atoms with Crippen molar-refractivity contribution in [2.24, 2.45) is 0 Å². The first-order valence-corrected chi connectivity index (χ1v) is 11.7. The maximum absolute atomic E-state index is 11.8. The minimum Gasteiger partial charge on any atom is -0.390 e. The lowest BCUT2D eigenvalue weighted by Crippen LogP contribution is -2.40. The fraction of sp³-hybridized carbons (Fsp3) is 0.368. The molecule has 2 aromatic heterocycles. The number of rotatable bonds is 6. The SMILES string of the molecule is CN(Cc1nc(NCc2cccs2)c2ccccc2n1)[C@@H]1CS(=O)(=O)C[C@H]1O. The topological polar surface area (TPSA) is 95.4 Å². The average molecular weight is 419 g/mol. The van der Waals surface area contributed by atoms with Gasteiger partial charge in [0.25, 0.3) is 0 Å². The van der Waals surface area contributed by atoms with Gasteiger partial charge < -0.3 is 10.4 Å². The minimum atomic E-state index is -3.20. The van der Waals surface area contributed by atoms with Gasteiger partial charge in [0, 0.05) is 10.3 Å². The molecule has 0 saturated carbocycles. The van der Waals surface area contributed by atoms with E-state index in [1.54, 1.807) is 18.4 Å². The molecule has 28 heavy (non-hydrogen) atoms. The molecule has 7 nitrogen and oxygen atoms in total. The van der Waals surface area contributed by atoms with Crippen LogP contribution in [0.25, 0.3) is 10.9 Å². The Hall–Kier alpha value is -2.07. The van der Waals surface area contributed by atoms with E-state index in [-0.39, 0.29) is 11.5 Å². The first kappa shape index (κ1) is 19.3. The number of nitrogens with zero attached hydrogens (tertiary/aromatic N) is 3. The molecule has 1 aliphatic rings. The van der Waals surface area contributed by atoms with Gasteiger partial charge in [0.2, 0.25) is 0 Å². The van der Waals surface area contributed by atoms with Gasteiger partial charge in [-0.3, -0.25) is 4.90 Å². The summed E-state index contributed by atoms with van der Waals surface area (Å²) < 4.78 is 23.6. The highest BCUT2D eigenvalue weighted by Crippen LogP contribution is 2.23. The van der Waals surface area contributed by atoms with Gasteiger partial charge in [0.05, 0.1) is 42.3 Å². The third kappa shape index (κ3) is 4.17. The number of thiophene rings is 1. The Labute approximate surface area is 168 Å². The fourth-order valence-corrected chi connectivity index (χ4v) is 6.01. The van der Waals surface area contributed by atoms with E-state index in [1.807, 2.05) is 40.6 Å². The number of benzene rings is 1. The van der Waals surface area contributed by atoms with Gasteiger partial charge in [-0.15, -0.1) is 11.3 Å². The number of anilines is 1. The van der Waals surface area contributed by atoms with Crippen molar-refractivity contribution in [2.75, 3.05) is 23.9 Å². The number of hydrogen-bond donors (Lipinski definition) is 2. The van der Waals surface area contributed by atoms with Gasteiger partial charge in [0.1, 0.15) is 11.6 Å². The number of para-hydroxylation sites is 1. The Morgan fingerprint density at radius 1 is 1.21 bits per heavy atom. The normalized spacial score (nSPS) is 21.4. The second kappa shape index (κ2) is 7.75. The molecule has 4 rings (SSSR count). The van der Waals surface area contributed by atoms with Crippen LogP contribution in [0.5, 0.6) is 0 Å². The lowest BCUT2D eigenvalue weighted by atomic mass is 10.2. The largest absolute Gasteiger partial charge is 0.390 e. The molecule has 0 unspecified atom stereocenters. The molecule has 2 atom stereocenters. The first-order valence-electron chi connectivity index (χ1n) is 9.02. The molecule has 1 aliphatic heterocycles. The number of sulfone groups is 1. The third-order valence-corrected chi connectivity index (χ3v) is 7.49. The summed E-state index contributed by atoms with van der Waals surface area (Å²) in [5, 5.41) is 16.5. The van der Waals surface area contributed by atoms with E-state index in [0.717, 1.165) is 16.7 Å². The highest BCUT2D eigenvalue weighted by atomic mass is 32.2. The number of aromatic nitrogens is 2. The van der Waals surface area contributed by atoms with Gasteiger partial charge in [-0.05, 0) is 30.6 Å². The first-order chi connectivity index (χ1) is 13.4. The van der Waals surface area contributed by atoms with Crippen LogP contribution in [0.3, 0.4) is 0 Å². The lowest BCUT2D eigenvalue weighted by molar-refractivity contribution is 0.0944. The highest BCUT2D eigenvalue weighted by molar-refractivity contribution is 7.91. The molecule has 148 valence electrons. The van der Waals surface area contributed by atoms with Gasteiger partial charge in [-0.1, -0.05) is 18.2 Å². The predicted octanol–water partition coefficient (Wildman–Crippen LogP) is 1.89. The van der Waals surface area contributed by atoms with Crippen LogP contribution in [0, 0.1) is 0 Å². The molecule has 0 radical (unpaired) electrons. The molecular weight excluding hydrogens is 396 g/mol. The van der Waals surface area contributed by atoms with Crippen molar-refractivity contribution in [3.8, 4) is 0 Å². The summed E-state index contributed by atoms with van der Waals surface area (Å²) in [6.07, 6.45) is -0.883. The number of nitrogens with one attached hydrogen (secondary N) is 1. The standard InChI is InChI=1S/C19H22N4O3S2/c1-23(16-11-28(25,26)12-17(16)24)10-18-21-15-7-3-2-6-14(15)19(22-18)20-9-13-5-4-8-27-13/h2-8,16-17,24H,9-12H2,1H3,(H,20,21,22)/t16-,17-/m1/s1. The summed E-state index contributed by atoms with van der Waals surface area (Å²) in [7, 11) is -1.40. The van der Waals surface area contributed by atoms with Crippen LogP contribution in [0.2, 0.25) is 0 Å². The molecule has 3 aromatic rings. The highest BCUT2D eigenvalue weighted by Gasteiger charge is 2.38. The van der Waals surface area contributed by atoms with Gasteiger partial charge in [-0.25, -0.2) is 18.4 Å². The van der Waals surface area contributed by atoms with Crippen molar-refractivity contribution in [3.63, 3.8) is 0 Å². The molecular formula is C19H22N4O3S2. The van der Waals surface area contributed by atoms with Gasteiger partial charge >= 0.3 is 0 Å². The van der Waals surface area contributed by atoms with Crippen molar-refractivity contribution >= 4 is 37.9 Å². The van der Waals surface area contributed by atoms with E-state index in [2.05, 4.69) is 21.4 Å². The smallest absolute Gasteiger partial charge is 0.154 e. The number of likely N-dealkylation sites (N-methyl/N-ethyl adjacent to an activating group) is 1. The van der Waals surface area contributed by atoms with Crippen LogP contribution in [0.15, 0.2) is 41.8 Å². The maximum atomic E-state index is 11.8. The monoisotopic (exact) mass is 418 g/mol.